The van der Waals surface area contributed by atoms with Gasteiger partial charge in [0.1, 0.15) is 17.3 Å². The molecule has 0 aliphatic carbocycles. The second kappa shape index (κ2) is 10.0. The van der Waals surface area contributed by atoms with E-state index < -0.39 is 0 Å². The number of nitrogens with zero attached hydrogens (tertiary/aromatic N) is 1. The first kappa shape index (κ1) is 22.1. The fraction of sp³-hybridized carbons (Fsp3) is 0.185. The van der Waals surface area contributed by atoms with Gasteiger partial charge in [-0.05, 0) is 85.1 Å². The zero-order valence-electron chi connectivity index (χ0n) is 19.0. The Hall–Kier alpha value is -4.06. The average molecular weight is 442 g/mol. The standard InChI is InChI=1S/C27H27N3O3/c1-18-16-26(28-20-7-12-23(33-3)13-8-20)30-25-14-9-21(17-24(18)25)29-27(31)15-6-19-4-10-22(32-2)11-5-19/h4-5,7-14,16-17H,6,15H2,1-3H3,(H,28,30)(H,29,31). The molecule has 0 radical (unpaired) electrons. The van der Waals surface area contributed by atoms with E-state index in [1.54, 1.807) is 14.2 Å². The molecule has 4 rings (SSSR count). The lowest BCUT2D eigenvalue weighted by Gasteiger charge is -2.11. The summed E-state index contributed by atoms with van der Waals surface area (Å²) in [6.45, 7) is 2.04. The molecular formula is C27H27N3O3. The van der Waals surface area contributed by atoms with Crippen molar-refractivity contribution in [2.45, 2.75) is 19.8 Å². The molecule has 1 amide bonds. The van der Waals surface area contributed by atoms with E-state index in [2.05, 4.69) is 10.6 Å². The number of aromatic nitrogens is 1. The molecule has 0 aliphatic rings. The Labute approximate surface area is 193 Å². The third kappa shape index (κ3) is 5.60. The Morgan fingerprint density at radius 2 is 1.48 bits per heavy atom. The highest BCUT2D eigenvalue weighted by atomic mass is 16.5. The van der Waals surface area contributed by atoms with E-state index in [0.717, 1.165) is 50.7 Å². The highest BCUT2D eigenvalue weighted by molar-refractivity contribution is 5.95. The molecule has 0 atom stereocenters. The number of hydrogen-bond acceptors (Lipinski definition) is 5. The van der Waals surface area contributed by atoms with Crippen LogP contribution in [0.4, 0.5) is 17.2 Å². The lowest BCUT2D eigenvalue weighted by molar-refractivity contribution is -0.116. The molecule has 168 valence electrons. The van der Waals surface area contributed by atoms with Crippen molar-refractivity contribution in [1.29, 1.82) is 0 Å². The molecule has 1 heterocycles. The molecule has 0 saturated carbocycles. The van der Waals surface area contributed by atoms with Crippen LogP contribution in [0.5, 0.6) is 11.5 Å². The summed E-state index contributed by atoms with van der Waals surface area (Å²) in [5.74, 6) is 2.36. The van der Waals surface area contributed by atoms with Gasteiger partial charge in [0.05, 0.1) is 19.7 Å². The number of carbonyl (C=O) groups excluding carboxylic acids is 1. The van der Waals surface area contributed by atoms with Crippen molar-refractivity contribution in [3.63, 3.8) is 0 Å². The van der Waals surface area contributed by atoms with E-state index in [9.17, 15) is 4.79 Å². The quantitative estimate of drug-likeness (QED) is 0.357. The molecule has 3 aromatic carbocycles. The molecule has 33 heavy (non-hydrogen) atoms. The third-order valence-corrected chi connectivity index (χ3v) is 5.46. The first-order chi connectivity index (χ1) is 16.0. The number of ether oxygens (including phenoxy) is 2. The Morgan fingerprint density at radius 3 is 2.15 bits per heavy atom. The Balaban J connectivity index is 1.42. The predicted octanol–water partition coefficient (Wildman–Crippen LogP) is 5.88. The molecule has 1 aromatic heterocycles. The largest absolute Gasteiger partial charge is 0.497 e. The Bertz CT molecular complexity index is 1250. The number of aryl methyl sites for hydroxylation is 2. The lowest BCUT2D eigenvalue weighted by atomic mass is 10.1. The molecule has 6 nitrogen and oxygen atoms in total. The van der Waals surface area contributed by atoms with Crippen molar-refractivity contribution in [2.75, 3.05) is 24.9 Å². The van der Waals surface area contributed by atoms with Crippen LogP contribution in [0, 0.1) is 6.92 Å². The summed E-state index contributed by atoms with van der Waals surface area (Å²) >= 11 is 0. The van der Waals surface area contributed by atoms with Crippen LogP contribution in [0.1, 0.15) is 17.5 Å². The van der Waals surface area contributed by atoms with E-state index in [1.165, 1.54) is 0 Å². The van der Waals surface area contributed by atoms with Gasteiger partial charge in [-0.2, -0.15) is 0 Å². The zero-order chi connectivity index (χ0) is 23.2. The first-order valence-corrected chi connectivity index (χ1v) is 10.8. The van der Waals surface area contributed by atoms with Crippen molar-refractivity contribution < 1.29 is 14.3 Å². The van der Waals surface area contributed by atoms with E-state index in [4.69, 9.17) is 14.5 Å². The zero-order valence-corrected chi connectivity index (χ0v) is 19.0. The summed E-state index contributed by atoms with van der Waals surface area (Å²) in [5, 5.41) is 7.33. The van der Waals surface area contributed by atoms with Crippen LogP contribution in [0.2, 0.25) is 0 Å². The first-order valence-electron chi connectivity index (χ1n) is 10.8. The van der Waals surface area contributed by atoms with Gasteiger partial charge in [0.25, 0.3) is 0 Å². The molecular weight excluding hydrogens is 414 g/mol. The third-order valence-electron chi connectivity index (χ3n) is 5.46. The summed E-state index contributed by atoms with van der Waals surface area (Å²) in [4.78, 5) is 17.2. The minimum absolute atomic E-state index is 0.0198. The highest BCUT2D eigenvalue weighted by Gasteiger charge is 2.08. The fourth-order valence-electron chi connectivity index (χ4n) is 3.63. The topological polar surface area (TPSA) is 72.5 Å². The second-order valence-corrected chi connectivity index (χ2v) is 7.81. The molecule has 0 fully saturated rings. The van der Waals surface area contributed by atoms with Crippen molar-refractivity contribution in [2.24, 2.45) is 0 Å². The molecule has 0 unspecified atom stereocenters. The fourth-order valence-corrected chi connectivity index (χ4v) is 3.63. The molecule has 6 heteroatoms. The number of anilines is 3. The van der Waals surface area contributed by atoms with Gasteiger partial charge in [0.15, 0.2) is 0 Å². The van der Waals surface area contributed by atoms with Gasteiger partial charge in [0.2, 0.25) is 5.91 Å². The number of pyridine rings is 1. The molecule has 2 N–H and O–H groups in total. The van der Waals surface area contributed by atoms with Gasteiger partial charge in [0, 0.05) is 23.2 Å². The number of amides is 1. The van der Waals surface area contributed by atoms with E-state index in [1.807, 2.05) is 79.7 Å². The number of hydrogen-bond donors (Lipinski definition) is 2. The molecule has 0 saturated heterocycles. The summed E-state index contributed by atoms with van der Waals surface area (Å²) in [7, 11) is 3.29. The summed E-state index contributed by atoms with van der Waals surface area (Å²) in [5.41, 5.74) is 4.74. The number of methoxy groups -OCH3 is 2. The molecule has 0 aliphatic heterocycles. The number of carbonyl (C=O) groups is 1. The van der Waals surface area contributed by atoms with Crippen LogP contribution in [-0.4, -0.2) is 25.1 Å². The SMILES string of the molecule is COc1ccc(CCC(=O)Nc2ccc3nc(Nc4ccc(OC)cc4)cc(C)c3c2)cc1. The van der Waals surface area contributed by atoms with Gasteiger partial charge in [-0.25, -0.2) is 4.98 Å². The van der Waals surface area contributed by atoms with Crippen LogP contribution in [0.15, 0.2) is 72.8 Å². The van der Waals surface area contributed by atoms with Crippen LogP contribution >= 0.6 is 0 Å². The van der Waals surface area contributed by atoms with Crippen LogP contribution < -0.4 is 20.1 Å². The van der Waals surface area contributed by atoms with Crippen molar-refractivity contribution in [3.05, 3.63) is 83.9 Å². The van der Waals surface area contributed by atoms with Crippen LogP contribution in [-0.2, 0) is 11.2 Å². The minimum Gasteiger partial charge on any atom is -0.497 e. The minimum atomic E-state index is -0.0198. The number of fused-ring (bicyclic) bond motifs is 1. The number of rotatable bonds is 8. The van der Waals surface area contributed by atoms with E-state index in [-0.39, 0.29) is 5.91 Å². The van der Waals surface area contributed by atoms with Gasteiger partial charge < -0.3 is 20.1 Å². The van der Waals surface area contributed by atoms with E-state index in [0.29, 0.717) is 12.8 Å². The maximum atomic E-state index is 12.5. The van der Waals surface area contributed by atoms with E-state index >= 15 is 0 Å². The van der Waals surface area contributed by atoms with Crippen LogP contribution in [0.3, 0.4) is 0 Å². The lowest BCUT2D eigenvalue weighted by Crippen LogP contribution is -2.12. The smallest absolute Gasteiger partial charge is 0.224 e. The highest BCUT2D eigenvalue weighted by Crippen LogP contribution is 2.26. The summed E-state index contributed by atoms with van der Waals surface area (Å²) < 4.78 is 10.4. The van der Waals surface area contributed by atoms with Gasteiger partial charge >= 0.3 is 0 Å². The second-order valence-electron chi connectivity index (χ2n) is 7.81. The van der Waals surface area contributed by atoms with Crippen molar-refractivity contribution >= 4 is 34.0 Å². The average Bonchev–Trinajstić information content (AvgIpc) is 2.84. The van der Waals surface area contributed by atoms with Crippen LogP contribution in [0.25, 0.3) is 10.9 Å². The molecule has 0 bridgehead atoms. The maximum Gasteiger partial charge on any atom is 0.224 e. The maximum absolute atomic E-state index is 12.5. The monoisotopic (exact) mass is 441 g/mol. The Morgan fingerprint density at radius 1 is 0.848 bits per heavy atom. The van der Waals surface area contributed by atoms with Gasteiger partial charge in [-0.1, -0.05) is 12.1 Å². The summed E-state index contributed by atoms with van der Waals surface area (Å²) in [6.07, 6.45) is 1.08. The van der Waals surface area contributed by atoms with Crippen molar-refractivity contribution in [1.82, 2.24) is 4.98 Å². The predicted molar refractivity (Wildman–Crippen MR) is 133 cm³/mol. The summed E-state index contributed by atoms with van der Waals surface area (Å²) in [6, 6.07) is 23.3. The number of nitrogens with one attached hydrogen (secondary N) is 2. The van der Waals surface area contributed by atoms with Gasteiger partial charge in [-0.3, -0.25) is 4.79 Å². The molecule has 4 aromatic rings. The van der Waals surface area contributed by atoms with Crippen molar-refractivity contribution in [3.8, 4) is 11.5 Å². The Kier molecular flexibility index (Phi) is 6.74. The molecule has 0 spiro atoms. The van der Waals surface area contributed by atoms with Gasteiger partial charge in [-0.15, -0.1) is 0 Å². The normalized spacial score (nSPS) is 10.6. The number of benzene rings is 3.